The zero-order valence-corrected chi connectivity index (χ0v) is 18.4. The summed E-state index contributed by atoms with van der Waals surface area (Å²) in [6, 6.07) is 24.3. The highest BCUT2D eigenvalue weighted by Crippen LogP contribution is 2.33. The highest BCUT2D eigenvalue weighted by atomic mass is 16.5. The third-order valence-corrected chi connectivity index (χ3v) is 6.29. The number of carbonyl (C=O) groups is 1. The summed E-state index contributed by atoms with van der Waals surface area (Å²) >= 11 is 0. The van der Waals surface area contributed by atoms with Gasteiger partial charge in [0.25, 0.3) is 5.89 Å². The van der Waals surface area contributed by atoms with Crippen molar-refractivity contribution >= 4 is 11.7 Å². The first-order valence-electron chi connectivity index (χ1n) is 11.2. The molecule has 0 bridgehead atoms. The number of aryl methyl sites for hydroxylation is 1. The molecule has 1 fully saturated rings. The zero-order chi connectivity index (χ0) is 22.8. The SMILES string of the molecule is Cc1cc(-c2noc(-c3ccccc3-c3ccccc3)n2)ccc1N[C@H]1CC[C@@H](C(=O)O)C1. The Kier molecular flexibility index (Phi) is 5.65. The lowest BCUT2D eigenvalue weighted by Gasteiger charge is -2.16. The van der Waals surface area contributed by atoms with Gasteiger partial charge in [-0.05, 0) is 67.1 Å². The van der Waals surface area contributed by atoms with E-state index < -0.39 is 5.97 Å². The Hall–Kier alpha value is -3.93. The summed E-state index contributed by atoms with van der Waals surface area (Å²) in [6.07, 6.45) is 2.25. The van der Waals surface area contributed by atoms with Gasteiger partial charge in [0.1, 0.15) is 0 Å². The molecule has 3 aromatic carbocycles. The van der Waals surface area contributed by atoms with Gasteiger partial charge in [-0.2, -0.15) is 4.98 Å². The molecule has 0 amide bonds. The predicted molar refractivity (Wildman–Crippen MR) is 128 cm³/mol. The van der Waals surface area contributed by atoms with Crippen molar-refractivity contribution in [3.63, 3.8) is 0 Å². The zero-order valence-electron chi connectivity index (χ0n) is 18.4. The van der Waals surface area contributed by atoms with Gasteiger partial charge in [0, 0.05) is 22.9 Å². The van der Waals surface area contributed by atoms with Crippen LogP contribution in [-0.4, -0.2) is 27.3 Å². The first-order chi connectivity index (χ1) is 16.1. The van der Waals surface area contributed by atoms with Crippen molar-refractivity contribution < 1.29 is 14.4 Å². The van der Waals surface area contributed by atoms with Crippen LogP contribution in [0.5, 0.6) is 0 Å². The summed E-state index contributed by atoms with van der Waals surface area (Å²) in [6.45, 7) is 2.03. The number of aliphatic carboxylic acids is 1. The Balaban J connectivity index is 1.37. The molecule has 1 saturated carbocycles. The van der Waals surface area contributed by atoms with Gasteiger partial charge < -0.3 is 14.9 Å². The highest BCUT2D eigenvalue weighted by Gasteiger charge is 2.29. The Bertz CT molecular complexity index is 1280. The van der Waals surface area contributed by atoms with Crippen LogP contribution in [0.1, 0.15) is 24.8 Å². The molecule has 0 unspecified atom stereocenters. The van der Waals surface area contributed by atoms with Crippen LogP contribution in [0.2, 0.25) is 0 Å². The molecule has 6 nitrogen and oxygen atoms in total. The normalized spacial score (nSPS) is 17.7. The molecule has 0 radical (unpaired) electrons. The molecule has 2 N–H and O–H groups in total. The molecule has 2 atom stereocenters. The van der Waals surface area contributed by atoms with E-state index in [1.807, 2.05) is 61.5 Å². The topological polar surface area (TPSA) is 88.3 Å². The molecule has 166 valence electrons. The quantitative estimate of drug-likeness (QED) is 0.381. The number of benzene rings is 3. The van der Waals surface area contributed by atoms with E-state index in [0.29, 0.717) is 18.1 Å². The van der Waals surface area contributed by atoms with Gasteiger partial charge >= 0.3 is 5.97 Å². The molecule has 33 heavy (non-hydrogen) atoms. The van der Waals surface area contributed by atoms with Crippen molar-refractivity contribution in [3.05, 3.63) is 78.4 Å². The summed E-state index contributed by atoms with van der Waals surface area (Å²) in [5.74, 6) is 0.0658. The molecule has 4 aromatic rings. The van der Waals surface area contributed by atoms with Gasteiger partial charge in [0.2, 0.25) is 5.82 Å². The fourth-order valence-corrected chi connectivity index (χ4v) is 4.51. The van der Waals surface area contributed by atoms with E-state index in [1.54, 1.807) is 0 Å². The average Bonchev–Trinajstić information content (AvgIpc) is 3.51. The Labute approximate surface area is 192 Å². The molecule has 6 heteroatoms. The van der Waals surface area contributed by atoms with Gasteiger partial charge in [-0.15, -0.1) is 0 Å². The van der Waals surface area contributed by atoms with Crippen LogP contribution in [0.4, 0.5) is 5.69 Å². The number of rotatable bonds is 6. The number of aromatic nitrogens is 2. The number of anilines is 1. The smallest absolute Gasteiger partial charge is 0.306 e. The molecule has 5 rings (SSSR count). The predicted octanol–water partition coefficient (Wildman–Crippen LogP) is 6.04. The lowest BCUT2D eigenvalue weighted by Crippen LogP contribution is -2.18. The van der Waals surface area contributed by atoms with Crippen LogP contribution < -0.4 is 5.32 Å². The first-order valence-corrected chi connectivity index (χ1v) is 11.2. The number of carboxylic acid groups (broad SMARTS) is 1. The average molecular weight is 440 g/mol. The van der Waals surface area contributed by atoms with Crippen LogP contribution in [0.25, 0.3) is 34.0 Å². The van der Waals surface area contributed by atoms with E-state index in [1.165, 1.54) is 0 Å². The maximum absolute atomic E-state index is 11.2. The van der Waals surface area contributed by atoms with E-state index in [9.17, 15) is 9.90 Å². The van der Waals surface area contributed by atoms with Crippen molar-refractivity contribution in [1.82, 2.24) is 10.1 Å². The van der Waals surface area contributed by atoms with Gasteiger partial charge in [0.05, 0.1) is 5.92 Å². The molecule has 0 spiro atoms. The molecule has 0 saturated heterocycles. The lowest BCUT2D eigenvalue weighted by atomic mass is 10.00. The maximum Gasteiger partial charge on any atom is 0.306 e. The van der Waals surface area contributed by atoms with E-state index in [-0.39, 0.29) is 12.0 Å². The lowest BCUT2D eigenvalue weighted by molar-refractivity contribution is -0.141. The number of nitrogens with zero attached hydrogens (tertiary/aromatic N) is 2. The second kappa shape index (κ2) is 8.90. The van der Waals surface area contributed by atoms with Crippen molar-refractivity contribution in [2.75, 3.05) is 5.32 Å². The third kappa shape index (κ3) is 4.37. The Morgan fingerprint density at radius 3 is 2.45 bits per heavy atom. The third-order valence-electron chi connectivity index (χ3n) is 6.29. The van der Waals surface area contributed by atoms with Crippen LogP contribution in [0.15, 0.2) is 77.3 Å². The van der Waals surface area contributed by atoms with Gasteiger partial charge in [-0.1, -0.05) is 53.7 Å². The van der Waals surface area contributed by atoms with Gasteiger partial charge in [0.15, 0.2) is 0 Å². The van der Waals surface area contributed by atoms with Crippen molar-refractivity contribution in [2.24, 2.45) is 5.92 Å². The fourth-order valence-electron chi connectivity index (χ4n) is 4.51. The van der Waals surface area contributed by atoms with Gasteiger partial charge in [-0.25, -0.2) is 0 Å². The van der Waals surface area contributed by atoms with Crippen LogP contribution in [-0.2, 0) is 4.79 Å². The minimum atomic E-state index is -0.701. The fraction of sp³-hybridized carbons (Fsp3) is 0.222. The van der Waals surface area contributed by atoms with Crippen molar-refractivity contribution in [2.45, 2.75) is 32.2 Å². The van der Waals surface area contributed by atoms with E-state index in [4.69, 9.17) is 4.52 Å². The minimum Gasteiger partial charge on any atom is -0.481 e. The molecular formula is C27H25N3O3. The number of nitrogens with one attached hydrogen (secondary N) is 1. The number of hydrogen-bond donors (Lipinski definition) is 2. The Morgan fingerprint density at radius 2 is 1.73 bits per heavy atom. The summed E-state index contributed by atoms with van der Waals surface area (Å²) in [5.41, 5.74) is 5.97. The van der Waals surface area contributed by atoms with E-state index in [0.717, 1.165) is 46.3 Å². The van der Waals surface area contributed by atoms with Crippen LogP contribution in [0, 0.1) is 12.8 Å². The standard InChI is InChI=1S/C27H25N3O3/c1-17-15-19(12-14-24(17)28-21-13-11-20(16-21)27(31)32)25-29-26(33-30-25)23-10-6-5-9-22(23)18-7-3-2-4-8-18/h2-10,12,14-15,20-21,28H,11,13,16H2,1H3,(H,31,32)/t20-,21+/m1/s1. The first kappa shape index (κ1) is 20.9. The van der Waals surface area contributed by atoms with Crippen molar-refractivity contribution in [3.8, 4) is 34.0 Å². The van der Waals surface area contributed by atoms with Crippen LogP contribution in [0.3, 0.4) is 0 Å². The maximum atomic E-state index is 11.2. The minimum absolute atomic E-state index is 0.182. The summed E-state index contributed by atoms with van der Waals surface area (Å²) < 4.78 is 5.65. The molecule has 0 aliphatic heterocycles. The van der Waals surface area contributed by atoms with Gasteiger partial charge in [-0.3, -0.25) is 4.79 Å². The van der Waals surface area contributed by atoms with E-state index in [2.05, 4.69) is 33.7 Å². The monoisotopic (exact) mass is 439 g/mol. The highest BCUT2D eigenvalue weighted by molar-refractivity contribution is 5.80. The van der Waals surface area contributed by atoms with E-state index >= 15 is 0 Å². The summed E-state index contributed by atoms with van der Waals surface area (Å²) in [7, 11) is 0. The largest absolute Gasteiger partial charge is 0.481 e. The number of carboxylic acids is 1. The molecular weight excluding hydrogens is 414 g/mol. The second-order valence-electron chi connectivity index (χ2n) is 8.55. The molecule has 1 aromatic heterocycles. The molecule has 1 aliphatic carbocycles. The number of hydrogen-bond acceptors (Lipinski definition) is 5. The van der Waals surface area contributed by atoms with Crippen LogP contribution >= 0.6 is 0 Å². The Morgan fingerprint density at radius 1 is 0.970 bits per heavy atom. The summed E-state index contributed by atoms with van der Waals surface area (Å²) in [4.78, 5) is 15.9. The summed E-state index contributed by atoms with van der Waals surface area (Å²) in [5, 5.41) is 17.0. The second-order valence-corrected chi connectivity index (χ2v) is 8.55. The van der Waals surface area contributed by atoms with Crippen molar-refractivity contribution in [1.29, 1.82) is 0 Å². The molecule has 1 aliphatic rings. The molecule has 1 heterocycles.